The van der Waals surface area contributed by atoms with Gasteiger partial charge in [0.2, 0.25) is 11.8 Å². The zero-order chi connectivity index (χ0) is 22.0. The third-order valence-electron chi connectivity index (χ3n) is 5.85. The van der Waals surface area contributed by atoms with Gasteiger partial charge in [-0.15, -0.1) is 0 Å². The van der Waals surface area contributed by atoms with Gasteiger partial charge >= 0.3 is 0 Å². The second-order valence-corrected chi connectivity index (χ2v) is 7.78. The average Bonchev–Trinajstić information content (AvgIpc) is 3.26. The molecule has 0 unspecified atom stereocenters. The first-order valence-electron chi connectivity index (χ1n) is 10.1. The van der Waals surface area contributed by atoms with Crippen molar-refractivity contribution < 1.29 is 19.1 Å². The van der Waals surface area contributed by atoms with E-state index in [1.54, 1.807) is 37.3 Å². The molecule has 0 aliphatic carbocycles. The fraction of sp³-hybridized carbons (Fsp3) is 0.500. The predicted molar refractivity (Wildman–Crippen MR) is 114 cm³/mol. The van der Waals surface area contributed by atoms with Crippen molar-refractivity contribution >= 4 is 17.5 Å². The molecule has 1 N–H and O–H groups in total. The lowest BCUT2D eigenvalue weighted by Crippen LogP contribution is -2.36. The third-order valence-corrected chi connectivity index (χ3v) is 5.85. The standard InChI is InChI=1S/C22H30N4O4/c1-13(26-16(4)14(2)15(3)24-26)11-23-22(28)17-9-21(27)25(12-17)19-8-7-18(29-5)10-20(19)30-6/h7-8,10,13,17H,9,11-12H2,1-6H3,(H,23,28)/t13-,17+/m1/s1. The Morgan fingerprint density at radius 2 is 2.00 bits per heavy atom. The summed E-state index contributed by atoms with van der Waals surface area (Å²) in [6.45, 7) is 8.86. The number of hydrogen-bond acceptors (Lipinski definition) is 5. The van der Waals surface area contributed by atoms with Crippen LogP contribution < -0.4 is 19.7 Å². The molecular formula is C22H30N4O4. The summed E-state index contributed by atoms with van der Waals surface area (Å²) in [5, 5.41) is 7.55. The van der Waals surface area contributed by atoms with E-state index < -0.39 is 5.92 Å². The van der Waals surface area contributed by atoms with Crippen molar-refractivity contribution in [3.05, 3.63) is 35.2 Å². The Bertz CT molecular complexity index is 953. The van der Waals surface area contributed by atoms with Gasteiger partial charge < -0.3 is 19.7 Å². The van der Waals surface area contributed by atoms with E-state index in [9.17, 15) is 9.59 Å². The summed E-state index contributed by atoms with van der Waals surface area (Å²) in [6.07, 6.45) is 0.175. The molecule has 0 saturated carbocycles. The molecule has 1 fully saturated rings. The number of aryl methyl sites for hydroxylation is 1. The molecule has 2 atom stereocenters. The molecule has 2 aromatic rings. The molecule has 0 spiro atoms. The molecule has 3 rings (SSSR count). The zero-order valence-electron chi connectivity index (χ0n) is 18.5. The molecule has 8 heteroatoms. The summed E-state index contributed by atoms with van der Waals surface area (Å²) in [7, 11) is 3.12. The van der Waals surface area contributed by atoms with E-state index in [0.717, 1.165) is 11.4 Å². The number of anilines is 1. The lowest BCUT2D eigenvalue weighted by Gasteiger charge is -2.20. The van der Waals surface area contributed by atoms with Gasteiger partial charge in [0, 0.05) is 31.3 Å². The summed E-state index contributed by atoms with van der Waals surface area (Å²) in [5.41, 5.74) is 3.91. The van der Waals surface area contributed by atoms with Crippen molar-refractivity contribution in [3.8, 4) is 11.5 Å². The van der Waals surface area contributed by atoms with Crippen LogP contribution >= 0.6 is 0 Å². The topological polar surface area (TPSA) is 85.7 Å². The zero-order valence-corrected chi connectivity index (χ0v) is 18.5. The maximum atomic E-state index is 12.7. The van der Waals surface area contributed by atoms with Crippen molar-refractivity contribution in [2.24, 2.45) is 5.92 Å². The summed E-state index contributed by atoms with van der Waals surface area (Å²) in [5.74, 6) is 0.560. The van der Waals surface area contributed by atoms with Crippen LogP contribution in [0.25, 0.3) is 0 Å². The number of methoxy groups -OCH3 is 2. The van der Waals surface area contributed by atoms with Gasteiger partial charge in [-0.3, -0.25) is 14.3 Å². The van der Waals surface area contributed by atoms with Crippen molar-refractivity contribution in [2.75, 3.05) is 32.2 Å². The Hall–Kier alpha value is -3.03. The number of carbonyl (C=O) groups is 2. The van der Waals surface area contributed by atoms with Gasteiger partial charge in [-0.25, -0.2) is 0 Å². The van der Waals surface area contributed by atoms with Gasteiger partial charge in [-0.1, -0.05) is 0 Å². The minimum atomic E-state index is -0.404. The molecule has 1 aliphatic heterocycles. The largest absolute Gasteiger partial charge is 0.497 e. The van der Waals surface area contributed by atoms with Crippen LogP contribution in [0.4, 0.5) is 5.69 Å². The number of carbonyl (C=O) groups excluding carboxylic acids is 2. The Kier molecular flexibility index (Phi) is 6.34. The Labute approximate surface area is 177 Å². The van der Waals surface area contributed by atoms with Crippen LogP contribution in [0.3, 0.4) is 0 Å². The molecule has 1 saturated heterocycles. The second-order valence-electron chi connectivity index (χ2n) is 7.78. The van der Waals surface area contributed by atoms with Crippen LogP contribution in [0, 0.1) is 26.7 Å². The lowest BCUT2D eigenvalue weighted by molar-refractivity contribution is -0.126. The first kappa shape index (κ1) is 21.7. The molecule has 1 aliphatic rings. The highest BCUT2D eigenvalue weighted by Crippen LogP contribution is 2.35. The SMILES string of the molecule is COc1ccc(N2C[C@@H](C(=O)NC[C@@H](C)n3nc(C)c(C)c3C)CC2=O)c(OC)c1. The fourth-order valence-corrected chi connectivity index (χ4v) is 3.78. The van der Waals surface area contributed by atoms with Gasteiger partial charge in [-0.05, 0) is 45.4 Å². The highest BCUT2D eigenvalue weighted by molar-refractivity contribution is 6.01. The monoisotopic (exact) mass is 414 g/mol. The molecule has 8 nitrogen and oxygen atoms in total. The molecule has 162 valence electrons. The molecular weight excluding hydrogens is 384 g/mol. The number of nitrogens with zero attached hydrogens (tertiary/aromatic N) is 3. The molecule has 0 radical (unpaired) electrons. The van der Waals surface area contributed by atoms with Crippen LogP contribution in [0.2, 0.25) is 0 Å². The quantitative estimate of drug-likeness (QED) is 0.753. The van der Waals surface area contributed by atoms with E-state index >= 15 is 0 Å². The highest BCUT2D eigenvalue weighted by Gasteiger charge is 2.36. The Balaban J connectivity index is 1.64. The first-order valence-corrected chi connectivity index (χ1v) is 10.1. The van der Waals surface area contributed by atoms with Crippen LogP contribution in [0.15, 0.2) is 18.2 Å². The number of rotatable bonds is 7. The Morgan fingerprint density at radius 1 is 1.27 bits per heavy atom. The van der Waals surface area contributed by atoms with Gasteiger partial charge in [0.15, 0.2) is 0 Å². The first-order chi connectivity index (χ1) is 14.3. The molecule has 1 aromatic carbocycles. The number of nitrogens with one attached hydrogen (secondary N) is 1. The van der Waals surface area contributed by atoms with Crippen molar-refractivity contribution in [2.45, 2.75) is 40.2 Å². The van der Waals surface area contributed by atoms with Crippen LogP contribution in [0.1, 0.15) is 36.3 Å². The van der Waals surface area contributed by atoms with E-state index in [2.05, 4.69) is 10.4 Å². The summed E-state index contributed by atoms with van der Waals surface area (Å²) < 4.78 is 12.6. The molecule has 2 amide bonds. The molecule has 0 bridgehead atoms. The maximum absolute atomic E-state index is 12.7. The smallest absolute Gasteiger partial charge is 0.227 e. The summed E-state index contributed by atoms with van der Waals surface area (Å²) in [4.78, 5) is 27.0. The number of amides is 2. The minimum absolute atomic E-state index is 0.0243. The second kappa shape index (κ2) is 8.77. The molecule has 1 aromatic heterocycles. The minimum Gasteiger partial charge on any atom is -0.497 e. The van der Waals surface area contributed by atoms with Gasteiger partial charge in [0.25, 0.3) is 0 Å². The third kappa shape index (κ3) is 4.13. The maximum Gasteiger partial charge on any atom is 0.227 e. The number of benzene rings is 1. The molecule has 2 heterocycles. The van der Waals surface area contributed by atoms with Crippen molar-refractivity contribution in [1.82, 2.24) is 15.1 Å². The lowest BCUT2D eigenvalue weighted by atomic mass is 10.1. The fourth-order valence-electron chi connectivity index (χ4n) is 3.78. The van der Waals surface area contributed by atoms with Crippen LogP contribution in [0.5, 0.6) is 11.5 Å². The van der Waals surface area contributed by atoms with Crippen LogP contribution in [-0.2, 0) is 9.59 Å². The average molecular weight is 415 g/mol. The van der Waals surface area contributed by atoms with Crippen molar-refractivity contribution in [1.29, 1.82) is 0 Å². The van der Waals surface area contributed by atoms with E-state index in [0.29, 0.717) is 30.3 Å². The predicted octanol–water partition coefficient (Wildman–Crippen LogP) is 2.56. The Morgan fingerprint density at radius 3 is 2.60 bits per heavy atom. The van der Waals surface area contributed by atoms with E-state index in [1.807, 2.05) is 32.4 Å². The number of ether oxygens (including phenoxy) is 2. The number of hydrogen-bond donors (Lipinski definition) is 1. The normalized spacial score (nSPS) is 17.2. The van der Waals surface area contributed by atoms with Crippen LogP contribution in [-0.4, -0.2) is 48.9 Å². The van der Waals surface area contributed by atoms with Gasteiger partial charge in [0.1, 0.15) is 11.5 Å². The summed E-state index contributed by atoms with van der Waals surface area (Å²) in [6, 6.07) is 5.31. The molecule has 30 heavy (non-hydrogen) atoms. The van der Waals surface area contributed by atoms with E-state index in [1.165, 1.54) is 5.56 Å². The van der Waals surface area contributed by atoms with E-state index in [4.69, 9.17) is 9.47 Å². The number of aromatic nitrogens is 2. The highest BCUT2D eigenvalue weighted by atomic mass is 16.5. The van der Waals surface area contributed by atoms with Gasteiger partial charge in [0.05, 0.1) is 37.6 Å². The van der Waals surface area contributed by atoms with Crippen molar-refractivity contribution in [3.63, 3.8) is 0 Å². The summed E-state index contributed by atoms with van der Waals surface area (Å²) >= 11 is 0. The van der Waals surface area contributed by atoms with Gasteiger partial charge in [-0.2, -0.15) is 5.10 Å². The van der Waals surface area contributed by atoms with E-state index in [-0.39, 0.29) is 24.3 Å².